The van der Waals surface area contributed by atoms with Gasteiger partial charge in [0, 0.05) is 12.1 Å². The minimum absolute atomic E-state index is 0.0560. The van der Waals surface area contributed by atoms with Gasteiger partial charge in [-0.25, -0.2) is 0 Å². The Bertz CT molecular complexity index is 965. The molecule has 1 saturated carbocycles. The number of rotatable bonds is 2. The summed E-state index contributed by atoms with van der Waals surface area (Å²) in [5.74, 6) is -1.66. The summed E-state index contributed by atoms with van der Waals surface area (Å²) in [6, 6.07) is 14.3. The average Bonchev–Trinajstić information content (AvgIpc) is 3.43. The molecule has 1 saturated heterocycles. The average molecular weight is 360 g/mol. The van der Waals surface area contributed by atoms with Crippen molar-refractivity contribution in [2.45, 2.75) is 12.5 Å². The van der Waals surface area contributed by atoms with Crippen LogP contribution in [0.15, 0.2) is 54.6 Å². The van der Waals surface area contributed by atoms with Crippen molar-refractivity contribution in [1.82, 2.24) is 9.80 Å². The van der Waals surface area contributed by atoms with E-state index >= 15 is 0 Å². The van der Waals surface area contributed by atoms with E-state index in [-0.39, 0.29) is 17.7 Å². The van der Waals surface area contributed by atoms with Gasteiger partial charge in [0.15, 0.2) is 0 Å². The Morgan fingerprint density at radius 1 is 0.852 bits per heavy atom. The maximum Gasteiger partial charge on any atom is 0.262 e. The molecule has 0 radical (unpaired) electrons. The smallest absolute Gasteiger partial charge is 0.262 e. The molecule has 0 bridgehead atoms. The molecule has 1 aliphatic carbocycles. The number of amides is 4. The molecule has 2 fully saturated rings. The van der Waals surface area contributed by atoms with Crippen molar-refractivity contribution in [3.8, 4) is 0 Å². The number of benzene rings is 2. The van der Waals surface area contributed by atoms with Crippen LogP contribution in [-0.2, 0) is 4.79 Å². The van der Waals surface area contributed by atoms with Crippen LogP contribution in [0.25, 0.3) is 0 Å². The van der Waals surface area contributed by atoms with Crippen molar-refractivity contribution in [3.63, 3.8) is 0 Å². The molecule has 6 nitrogen and oxygen atoms in total. The fourth-order valence-corrected chi connectivity index (χ4v) is 4.22. The van der Waals surface area contributed by atoms with Gasteiger partial charge in [-0.15, -0.1) is 0 Å². The van der Waals surface area contributed by atoms with Crippen LogP contribution in [0.2, 0.25) is 0 Å². The minimum atomic E-state index is -0.899. The number of likely N-dealkylation sites (tertiary alicyclic amines) is 1. The summed E-state index contributed by atoms with van der Waals surface area (Å²) < 4.78 is 0. The lowest BCUT2D eigenvalue weighted by atomic mass is 10.0. The number of hydrogen-bond acceptors (Lipinski definition) is 4. The topological polar surface area (TPSA) is 74.8 Å². The number of imide groups is 2. The summed E-state index contributed by atoms with van der Waals surface area (Å²) in [4.78, 5) is 53.9. The van der Waals surface area contributed by atoms with Crippen LogP contribution in [0.1, 0.15) is 37.5 Å². The van der Waals surface area contributed by atoms with Crippen LogP contribution in [0.4, 0.5) is 0 Å². The highest BCUT2D eigenvalue weighted by molar-refractivity contribution is 6.23. The van der Waals surface area contributed by atoms with Crippen molar-refractivity contribution < 1.29 is 19.2 Å². The zero-order valence-corrected chi connectivity index (χ0v) is 14.4. The molecular formula is C21H16N2O4. The normalized spacial score (nSPS) is 26.1. The Morgan fingerprint density at radius 2 is 1.44 bits per heavy atom. The largest absolute Gasteiger partial charge is 0.276 e. The molecule has 2 aromatic carbocycles. The van der Waals surface area contributed by atoms with Gasteiger partial charge in [-0.05, 0) is 42.5 Å². The van der Waals surface area contributed by atoms with Crippen LogP contribution in [0, 0.1) is 11.8 Å². The standard InChI is InChI=1S/C21H16N2O4/c24-18(12-6-2-1-3-7-12)22-11-13-10-16(13)17(21(22)27)23-19(25)14-8-4-5-9-15(14)20(23)26/h1-9,13,16-17H,10-11H2. The van der Waals surface area contributed by atoms with Gasteiger partial charge in [0.25, 0.3) is 23.6 Å². The molecule has 2 aromatic rings. The molecular weight excluding hydrogens is 344 g/mol. The van der Waals surface area contributed by atoms with Gasteiger partial charge in [0.05, 0.1) is 11.1 Å². The second kappa shape index (κ2) is 5.61. The van der Waals surface area contributed by atoms with Gasteiger partial charge in [0.2, 0.25) is 0 Å². The molecule has 4 amide bonds. The molecule has 2 heterocycles. The van der Waals surface area contributed by atoms with Crippen LogP contribution in [0.3, 0.4) is 0 Å². The van der Waals surface area contributed by atoms with Gasteiger partial charge >= 0.3 is 0 Å². The molecule has 0 N–H and O–H groups in total. The third-order valence-electron chi connectivity index (χ3n) is 5.69. The molecule has 3 aliphatic rings. The van der Waals surface area contributed by atoms with Crippen molar-refractivity contribution >= 4 is 23.6 Å². The van der Waals surface area contributed by atoms with Gasteiger partial charge < -0.3 is 0 Å². The minimum Gasteiger partial charge on any atom is -0.276 e. The molecule has 6 heteroatoms. The van der Waals surface area contributed by atoms with Gasteiger partial charge in [0.1, 0.15) is 6.04 Å². The van der Waals surface area contributed by atoms with E-state index in [1.807, 2.05) is 0 Å². The highest BCUT2D eigenvalue weighted by atomic mass is 16.2. The Labute approximate surface area is 155 Å². The van der Waals surface area contributed by atoms with E-state index in [0.717, 1.165) is 11.3 Å². The third kappa shape index (κ3) is 2.26. The quantitative estimate of drug-likeness (QED) is 0.768. The van der Waals surface area contributed by atoms with Crippen molar-refractivity contribution in [3.05, 3.63) is 71.3 Å². The second-order valence-corrected chi connectivity index (χ2v) is 7.25. The summed E-state index contributed by atoms with van der Waals surface area (Å²) in [7, 11) is 0. The zero-order valence-electron chi connectivity index (χ0n) is 14.4. The molecule has 3 unspecified atom stereocenters. The van der Waals surface area contributed by atoms with E-state index in [1.165, 1.54) is 4.90 Å². The van der Waals surface area contributed by atoms with Crippen LogP contribution < -0.4 is 0 Å². The first-order valence-corrected chi connectivity index (χ1v) is 8.95. The molecule has 5 rings (SSSR count). The summed E-state index contributed by atoms with van der Waals surface area (Å²) >= 11 is 0. The van der Waals surface area contributed by atoms with E-state index in [9.17, 15) is 19.2 Å². The lowest BCUT2D eigenvalue weighted by molar-refractivity contribution is -0.135. The first-order chi connectivity index (χ1) is 13.1. The van der Waals surface area contributed by atoms with Crippen LogP contribution in [-0.4, -0.2) is 46.0 Å². The molecule has 0 spiro atoms. The Morgan fingerprint density at radius 3 is 2.07 bits per heavy atom. The van der Waals surface area contributed by atoms with Crippen LogP contribution in [0.5, 0.6) is 0 Å². The molecule has 3 atom stereocenters. The SMILES string of the molecule is O=C(c1ccccc1)N1CC2CC2C(N2C(=O)c3ccccc3C2=O)C1=O. The van der Waals surface area contributed by atoms with Crippen molar-refractivity contribution in [2.75, 3.05) is 6.54 Å². The summed E-state index contributed by atoms with van der Waals surface area (Å²) in [6.07, 6.45) is 0.738. The Balaban J connectivity index is 1.49. The Hall–Kier alpha value is -3.28. The first kappa shape index (κ1) is 15.9. The number of piperidine rings is 1. The third-order valence-corrected chi connectivity index (χ3v) is 5.69. The van der Waals surface area contributed by atoms with E-state index in [0.29, 0.717) is 23.2 Å². The summed E-state index contributed by atoms with van der Waals surface area (Å²) in [5, 5.41) is 0. The van der Waals surface area contributed by atoms with Gasteiger partial charge in [-0.1, -0.05) is 30.3 Å². The molecule has 27 heavy (non-hydrogen) atoms. The highest BCUT2D eigenvalue weighted by Gasteiger charge is 2.59. The van der Waals surface area contributed by atoms with E-state index in [2.05, 4.69) is 0 Å². The number of fused-ring (bicyclic) bond motifs is 2. The second-order valence-electron chi connectivity index (χ2n) is 7.25. The zero-order chi connectivity index (χ0) is 18.7. The van der Waals surface area contributed by atoms with Crippen molar-refractivity contribution in [2.24, 2.45) is 11.8 Å². The van der Waals surface area contributed by atoms with E-state index in [1.54, 1.807) is 54.6 Å². The predicted molar refractivity (Wildman–Crippen MR) is 94.8 cm³/mol. The fourth-order valence-electron chi connectivity index (χ4n) is 4.22. The van der Waals surface area contributed by atoms with Gasteiger partial charge in [-0.2, -0.15) is 0 Å². The van der Waals surface area contributed by atoms with Crippen molar-refractivity contribution in [1.29, 1.82) is 0 Å². The summed E-state index contributed by atoms with van der Waals surface area (Å²) in [6.45, 7) is 0.344. The molecule has 2 aliphatic heterocycles. The maximum absolute atomic E-state index is 13.2. The number of carbonyl (C=O) groups is 4. The monoisotopic (exact) mass is 360 g/mol. The van der Waals surface area contributed by atoms with Gasteiger partial charge in [-0.3, -0.25) is 29.0 Å². The van der Waals surface area contributed by atoms with E-state index < -0.39 is 23.8 Å². The molecule has 134 valence electrons. The van der Waals surface area contributed by atoms with Crippen LogP contribution >= 0.6 is 0 Å². The summed E-state index contributed by atoms with van der Waals surface area (Å²) in [5.41, 5.74) is 1.06. The molecule has 0 aromatic heterocycles. The lowest BCUT2D eigenvalue weighted by Crippen LogP contribution is -2.57. The number of hydrogen-bond donors (Lipinski definition) is 0. The number of nitrogens with zero attached hydrogens (tertiary/aromatic N) is 2. The Kier molecular flexibility index (Phi) is 3.31. The predicted octanol–water partition coefficient (Wildman–Crippen LogP) is 1.97. The fraction of sp³-hybridized carbons (Fsp3) is 0.238. The maximum atomic E-state index is 13.2. The number of carbonyl (C=O) groups excluding carboxylic acids is 4. The lowest BCUT2D eigenvalue weighted by Gasteiger charge is -2.34. The first-order valence-electron chi connectivity index (χ1n) is 8.95. The van der Waals surface area contributed by atoms with E-state index in [4.69, 9.17) is 0 Å². The highest BCUT2D eigenvalue weighted by Crippen LogP contribution is 2.49.